The van der Waals surface area contributed by atoms with Crippen LogP contribution in [0.5, 0.6) is 0 Å². The number of ether oxygens (including phenoxy) is 1. The third-order valence-corrected chi connectivity index (χ3v) is 3.56. The van der Waals surface area contributed by atoms with Crippen LogP contribution in [0.25, 0.3) is 0 Å². The Labute approximate surface area is 135 Å². The van der Waals surface area contributed by atoms with Gasteiger partial charge in [0.05, 0.1) is 6.04 Å². The summed E-state index contributed by atoms with van der Waals surface area (Å²) in [6.07, 6.45) is 5.11. The molecule has 2 aliphatic rings. The molecule has 5 nitrogen and oxygen atoms in total. The topological polar surface area (TPSA) is 66.8 Å². The number of carbonyl (C=O) groups excluding carboxylic acids is 2. The lowest BCUT2D eigenvalue weighted by Gasteiger charge is -2.36. The van der Waals surface area contributed by atoms with Gasteiger partial charge in [0.15, 0.2) is 0 Å². The van der Waals surface area contributed by atoms with Gasteiger partial charge in [0, 0.05) is 13.7 Å². The first-order valence-electron chi connectivity index (χ1n) is 8.12. The summed E-state index contributed by atoms with van der Waals surface area (Å²) in [6, 6.07) is -0.321. The minimum atomic E-state index is -0.506. The van der Waals surface area contributed by atoms with Crippen molar-refractivity contribution in [2.75, 3.05) is 13.7 Å². The van der Waals surface area contributed by atoms with Crippen LogP contribution in [0.1, 0.15) is 60.3 Å². The van der Waals surface area contributed by atoms with Crippen molar-refractivity contribution in [1.29, 1.82) is 0 Å². The Morgan fingerprint density at radius 3 is 2.00 bits per heavy atom. The van der Waals surface area contributed by atoms with Crippen molar-refractivity contribution in [3.63, 3.8) is 0 Å². The molecule has 0 aromatic carbocycles. The second-order valence-corrected chi connectivity index (χ2v) is 7.19. The predicted molar refractivity (Wildman–Crippen MR) is 87.7 cm³/mol. The van der Waals surface area contributed by atoms with Crippen LogP contribution in [-0.4, -0.2) is 47.7 Å². The molecular formula is C17H33NO4. The first kappa shape index (κ1) is 20.9. The van der Waals surface area contributed by atoms with E-state index in [9.17, 15) is 9.59 Å². The normalized spacial score (nSPS) is 24.2. The number of carbonyl (C=O) groups is 2. The van der Waals surface area contributed by atoms with Crippen molar-refractivity contribution in [2.45, 2.75) is 71.9 Å². The van der Waals surface area contributed by atoms with Crippen LogP contribution in [0.3, 0.4) is 0 Å². The van der Waals surface area contributed by atoms with E-state index in [-0.39, 0.29) is 12.1 Å². The first-order chi connectivity index (χ1) is 10.2. The predicted octanol–water partition coefficient (Wildman–Crippen LogP) is 3.25. The summed E-state index contributed by atoms with van der Waals surface area (Å²) in [6.45, 7) is 10.5. The monoisotopic (exact) mass is 315 g/mol. The van der Waals surface area contributed by atoms with Gasteiger partial charge in [-0.3, -0.25) is 4.90 Å². The van der Waals surface area contributed by atoms with E-state index in [2.05, 4.69) is 13.8 Å². The minimum absolute atomic E-state index is 0.321. The number of piperidine rings is 1. The third-order valence-electron chi connectivity index (χ3n) is 3.56. The van der Waals surface area contributed by atoms with Crippen LogP contribution >= 0.6 is 0 Å². The lowest BCUT2D eigenvalue weighted by Crippen LogP contribution is -2.48. The average molecular weight is 315 g/mol. The Hall–Kier alpha value is -1.10. The van der Waals surface area contributed by atoms with Crippen LogP contribution in [-0.2, 0) is 9.53 Å². The van der Waals surface area contributed by atoms with Crippen LogP contribution in [0.4, 0.5) is 4.79 Å². The van der Waals surface area contributed by atoms with Gasteiger partial charge in [0.25, 0.3) is 0 Å². The molecule has 1 aliphatic carbocycles. The summed E-state index contributed by atoms with van der Waals surface area (Å²) in [7, 11) is 1.00. The molecule has 2 unspecified atom stereocenters. The van der Waals surface area contributed by atoms with Crippen LogP contribution in [0.15, 0.2) is 0 Å². The second kappa shape index (κ2) is 9.82. The lowest BCUT2D eigenvalue weighted by molar-refractivity contribution is -0.114. The van der Waals surface area contributed by atoms with Crippen molar-refractivity contribution in [3.8, 4) is 0 Å². The fraction of sp³-hybridized carbons (Fsp3) is 0.882. The third kappa shape index (κ3) is 9.03. The molecule has 0 radical (unpaired) electrons. The molecule has 1 heterocycles. The zero-order valence-corrected chi connectivity index (χ0v) is 15.0. The van der Waals surface area contributed by atoms with E-state index in [1.54, 1.807) is 0 Å². The molecule has 1 saturated carbocycles. The van der Waals surface area contributed by atoms with Gasteiger partial charge in [-0.2, -0.15) is 0 Å². The van der Waals surface area contributed by atoms with Gasteiger partial charge in [-0.1, -0.05) is 26.7 Å². The van der Waals surface area contributed by atoms with Gasteiger partial charge in [-0.15, -0.1) is 0 Å². The standard InChI is InChI=1S/C12H21NO3.C4H8.CH4O/c1-9-5-6-13(10(7-9)8-14)11(15)16-12(2,3)4;1-4-2-3-4;1-2/h8-10H,5-7H2,1-4H3;4H,2-3H2,1H3;2H,1H3. The van der Waals surface area contributed by atoms with E-state index in [0.29, 0.717) is 12.5 Å². The van der Waals surface area contributed by atoms with E-state index in [1.807, 2.05) is 20.8 Å². The largest absolute Gasteiger partial charge is 0.444 e. The molecule has 1 amide bonds. The molecule has 2 rings (SSSR count). The Morgan fingerprint density at radius 2 is 1.64 bits per heavy atom. The molecule has 0 bridgehead atoms. The fourth-order valence-electron chi connectivity index (χ4n) is 2.03. The molecule has 0 spiro atoms. The van der Waals surface area contributed by atoms with Crippen LogP contribution < -0.4 is 0 Å². The smallest absolute Gasteiger partial charge is 0.410 e. The van der Waals surface area contributed by atoms with Crippen LogP contribution in [0, 0.1) is 11.8 Å². The highest BCUT2D eigenvalue weighted by Crippen LogP contribution is 2.26. The molecular weight excluding hydrogens is 282 g/mol. The van der Waals surface area contributed by atoms with Crippen molar-refractivity contribution in [2.24, 2.45) is 11.8 Å². The van der Waals surface area contributed by atoms with Gasteiger partial charge in [0.2, 0.25) is 0 Å². The Balaban J connectivity index is 0.000000617. The Bertz CT molecular complexity index is 334. The van der Waals surface area contributed by atoms with Gasteiger partial charge < -0.3 is 14.6 Å². The number of amides is 1. The van der Waals surface area contributed by atoms with E-state index in [1.165, 1.54) is 17.7 Å². The Kier molecular flexibility index (Phi) is 9.33. The number of rotatable bonds is 1. The molecule has 1 N–H and O–H groups in total. The highest BCUT2D eigenvalue weighted by atomic mass is 16.6. The fourth-order valence-corrected chi connectivity index (χ4v) is 2.03. The summed E-state index contributed by atoms with van der Waals surface area (Å²) in [5.41, 5.74) is -0.506. The number of nitrogens with zero attached hydrogens (tertiary/aromatic N) is 1. The zero-order valence-electron chi connectivity index (χ0n) is 15.0. The van der Waals surface area contributed by atoms with E-state index < -0.39 is 5.60 Å². The van der Waals surface area contributed by atoms with Crippen LogP contribution in [0.2, 0.25) is 0 Å². The quantitative estimate of drug-likeness (QED) is 0.754. The summed E-state index contributed by atoms with van der Waals surface area (Å²) in [4.78, 5) is 24.3. The summed E-state index contributed by atoms with van der Waals surface area (Å²) >= 11 is 0. The molecule has 130 valence electrons. The maximum absolute atomic E-state index is 11.8. The molecule has 2 fully saturated rings. The number of aldehydes is 1. The Morgan fingerprint density at radius 1 is 1.14 bits per heavy atom. The molecule has 0 aromatic rings. The molecule has 22 heavy (non-hydrogen) atoms. The van der Waals surface area contributed by atoms with E-state index in [4.69, 9.17) is 9.84 Å². The van der Waals surface area contributed by atoms with E-state index in [0.717, 1.165) is 32.2 Å². The SMILES string of the molecule is CC1CC1.CC1CCN(C(=O)OC(C)(C)C)C(C=O)C1.CO. The van der Waals surface area contributed by atoms with Crippen molar-refractivity contribution in [1.82, 2.24) is 4.90 Å². The molecule has 1 saturated heterocycles. The molecule has 5 heteroatoms. The zero-order chi connectivity index (χ0) is 17.3. The van der Waals surface area contributed by atoms with E-state index >= 15 is 0 Å². The summed E-state index contributed by atoms with van der Waals surface area (Å²) in [5.74, 6) is 1.58. The summed E-state index contributed by atoms with van der Waals surface area (Å²) in [5, 5.41) is 7.00. The van der Waals surface area contributed by atoms with Gasteiger partial charge >= 0.3 is 6.09 Å². The number of hydrogen-bond acceptors (Lipinski definition) is 4. The minimum Gasteiger partial charge on any atom is -0.444 e. The number of likely N-dealkylation sites (tertiary alicyclic amines) is 1. The first-order valence-corrected chi connectivity index (χ1v) is 8.12. The van der Waals surface area contributed by atoms with Gasteiger partial charge in [-0.05, 0) is 45.4 Å². The number of aliphatic hydroxyl groups excluding tert-OH is 1. The lowest BCUT2D eigenvalue weighted by atomic mass is 9.93. The van der Waals surface area contributed by atoms with Crippen molar-refractivity contribution >= 4 is 12.4 Å². The number of hydrogen-bond donors (Lipinski definition) is 1. The highest BCUT2D eigenvalue weighted by molar-refractivity contribution is 5.74. The van der Waals surface area contributed by atoms with Gasteiger partial charge in [-0.25, -0.2) is 4.79 Å². The second-order valence-electron chi connectivity index (χ2n) is 7.19. The van der Waals surface area contributed by atoms with Gasteiger partial charge in [0.1, 0.15) is 11.9 Å². The maximum Gasteiger partial charge on any atom is 0.410 e. The molecule has 0 aromatic heterocycles. The van der Waals surface area contributed by atoms with Crippen molar-refractivity contribution in [3.05, 3.63) is 0 Å². The summed E-state index contributed by atoms with van der Waals surface area (Å²) < 4.78 is 5.27. The average Bonchev–Trinajstić information content (AvgIpc) is 3.22. The highest BCUT2D eigenvalue weighted by Gasteiger charge is 2.32. The maximum atomic E-state index is 11.8. The molecule has 1 aliphatic heterocycles. The number of aliphatic hydroxyl groups is 1. The molecule has 2 atom stereocenters. The van der Waals surface area contributed by atoms with Crippen molar-refractivity contribution < 1.29 is 19.4 Å².